The molecule has 0 fully saturated rings. The minimum absolute atomic E-state index is 0. The SMILES string of the molecule is Br.CC.O. The molecule has 0 saturated carbocycles. The molecule has 0 bridgehead atoms. The second-order valence-electron chi connectivity index (χ2n) is 0. The van der Waals surface area contributed by atoms with Crippen LogP contribution in [0.3, 0.4) is 0 Å². The molecule has 0 rings (SSSR count). The Hall–Kier alpha value is 0.440. The Bertz CT molecular complexity index is 6.00. The smallest absolute Gasteiger partial charge is 0.0683 e. The summed E-state index contributed by atoms with van der Waals surface area (Å²) in [6.45, 7) is 4.00. The van der Waals surface area contributed by atoms with Crippen LogP contribution in [0.25, 0.3) is 0 Å². The van der Waals surface area contributed by atoms with Crippen molar-refractivity contribution in [1.82, 2.24) is 0 Å². The van der Waals surface area contributed by atoms with E-state index in [9.17, 15) is 0 Å². The van der Waals surface area contributed by atoms with Crippen molar-refractivity contribution >= 4 is 17.0 Å². The Balaban J connectivity index is -0.00000000500. The molecule has 0 spiro atoms. The first kappa shape index (κ1) is 25.3. The molecule has 0 aliphatic carbocycles. The van der Waals surface area contributed by atoms with Crippen LogP contribution in [0.5, 0.6) is 0 Å². The Morgan fingerprint density at radius 1 is 1.00 bits per heavy atom. The Morgan fingerprint density at radius 3 is 1.00 bits per heavy atom. The maximum absolute atomic E-state index is 2.00. The molecule has 2 heteroatoms. The van der Waals surface area contributed by atoms with Gasteiger partial charge in [-0.1, -0.05) is 13.8 Å². The van der Waals surface area contributed by atoms with E-state index in [0.29, 0.717) is 0 Å². The molecule has 1 nitrogen and oxygen atoms in total. The van der Waals surface area contributed by atoms with Gasteiger partial charge >= 0.3 is 0 Å². The molecule has 0 aliphatic rings. The van der Waals surface area contributed by atoms with E-state index in [2.05, 4.69) is 0 Å². The van der Waals surface area contributed by atoms with Gasteiger partial charge in [-0.3, -0.25) is 0 Å². The lowest BCUT2D eigenvalue weighted by Crippen LogP contribution is -0.856. The predicted octanol–water partition coefficient (Wildman–Crippen LogP) is 0.779. The number of rotatable bonds is 0. The van der Waals surface area contributed by atoms with Crippen molar-refractivity contribution in [3.63, 3.8) is 0 Å². The van der Waals surface area contributed by atoms with Gasteiger partial charge in [0.25, 0.3) is 0 Å². The molecule has 0 aliphatic heterocycles. The summed E-state index contributed by atoms with van der Waals surface area (Å²) in [7, 11) is 0. The van der Waals surface area contributed by atoms with Gasteiger partial charge in [-0.15, -0.1) is 17.0 Å². The fourth-order valence-corrected chi connectivity index (χ4v) is 0. The van der Waals surface area contributed by atoms with Crippen LogP contribution in [0.2, 0.25) is 0 Å². The highest BCUT2D eigenvalue weighted by atomic mass is 79.9. The topological polar surface area (TPSA) is 31.5 Å². The molecule has 30 valence electrons. The Labute approximate surface area is 37.1 Å². The van der Waals surface area contributed by atoms with E-state index in [0.717, 1.165) is 0 Å². The summed E-state index contributed by atoms with van der Waals surface area (Å²) in [5, 5.41) is 0. The van der Waals surface area contributed by atoms with Crippen LogP contribution in [0, 0.1) is 0 Å². The number of hydrogen-bond donors (Lipinski definition) is 0. The predicted molar refractivity (Wildman–Crippen MR) is 25.3 cm³/mol. The van der Waals surface area contributed by atoms with Crippen molar-refractivity contribution in [3.8, 4) is 0 Å². The van der Waals surface area contributed by atoms with Gasteiger partial charge in [0.1, 0.15) is 0 Å². The minimum atomic E-state index is 0. The summed E-state index contributed by atoms with van der Waals surface area (Å²) in [6.07, 6.45) is 0. The number of hydrogen-bond acceptors (Lipinski definition) is 0. The third kappa shape index (κ3) is 26.1. The molecule has 0 unspecified atom stereocenters. The lowest BCUT2D eigenvalue weighted by atomic mass is 11.0. The summed E-state index contributed by atoms with van der Waals surface area (Å²) < 4.78 is 0. The summed E-state index contributed by atoms with van der Waals surface area (Å²) >= 11 is 0. The maximum atomic E-state index is 2.00. The van der Waals surface area contributed by atoms with Gasteiger partial charge in [-0.05, 0) is 0 Å². The van der Waals surface area contributed by atoms with Gasteiger partial charge in [0, 0.05) is 0 Å². The van der Waals surface area contributed by atoms with E-state index in [-0.39, 0.29) is 22.5 Å². The fraction of sp³-hybridized carbons (Fsp3) is 1.00. The molecule has 0 aromatic heterocycles. The minimum Gasteiger partial charge on any atom is -0.412 e. The third-order valence-electron chi connectivity index (χ3n) is 0. The van der Waals surface area contributed by atoms with Crippen LogP contribution < -0.4 is 0 Å². The van der Waals surface area contributed by atoms with Crippen molar-refractivity contribution in [2.75, 3.05) is 0 Å². The van der Waals surface area contributed by atoms with Crippen LogP contribution in [-0.4, -0.2) is 5.48 Å². The summed E-state index contributed by atoms with van der Waals surface area (Å²) in [5.41, 5.74) is 0. The first-order valence-electron chi connectivity index (χ1n) is 1.00. The van der Waals surface area contributed by atoms with E-state index >= 15 is 0 Å². The van der Waals surface area contributed by atoms with Crippen molar-refractivity contribution in [3.05, 3.63) is 0 Å². The van der Waals surface area contributed by atoms with Gasteiger partial charge < -0.3 is 5.48 Å². The van der Waals surface area contributed by atoms with E-state index in [1.165, 1.54) is 0 Å². The molecule has 2 N–H and O–H groups in total. The summed E-state index contributed by atoms with van der Waals surface area (Å²) in [6, 6.07) is 0. The van der Waals surface area contributed by atoms with Gasteiger partial charge in [-0.2, -0.15) is 0 Å². The second kappa shape index (κ2) is 106. The second-order valence-corrected chi connectivity index (χ2v) is 0. The zero-order valence-corrected chi connectivity index (χ0v) is 4.62. The molecular weight excluding hydrogens is 120 g/mol. The molecule has 4 heavy (non-hydrogen) atoms. The highest BCUT2D eigenvalue weighted by molar-refractivity contribution is 8.93. The van der Waals surface area contributed by atoms with Gasteiger partial charge in [0.15, 0.2) is 0 Å². The normalized spacial score (nSPS) is 1.50. The lowest BCUT2D eigenvalue weighted by molar-refractivity contribution is 0.824. The largest absolute Gasteiger partial charge is 0.412 e. The van der Waals surface area contributed by atoms with Crippen molar-refractivity contribution in [1.29, 1.82) is 0 Å². The lowest BCUT2D eigenvalue weighted by Gasteiger charge is -1.07. The molecule has 0 amide bonds. The summed E-state index contributed by atoms with van der Waals surface area (Å²) in [4.78, 5) is 0. The third-order valence-corrected chi connectivity index (χ3v) is 0. The highest BCUT2D eigenvalue weighted by Gasteiger charge is 0.932. The van der Waals surface area contributed by atoms with Crippen LogP contribution in [0.4, 0.5) is 0 Å². The van der Waals surface area contributed by atoms with Crippen molar-refractivity contribution in [2.24, 2.45) is 0 Å². The fourth-order valence-electron chi connectivity index (χ4n) is 0. The molecule has 0 atom stereocenters. The standard InChI is InChI=1S/C2H6.BrH.H2O/c1-2;;/h1-2H3;1H;1H2. The quantitative estimate of drug-likeness (QED) is 0.462. The van der Waals surface area contributed by atoms with Crippen molar-refractivity contribution < 1.29 is 5.48 Å². The number of halogens is 1. The molecule has 0 radical (unpaired) electrons. The molecule has 0 heterocycles. The van der Waals surface area contributed by atoms with E-state index in [1.807, 2.05) is 13.8 Å². The molecule has 0 aromatic carbocycles. The first-order valence-corrected chi connectivity index (χ1v) is 1.00. The van der Waals surface area contributed by atoms with Crippen LogP contribution in [0.15, 0.2) is 0 Å². The molecule has 0 aromatic rings. The van der Waals surface area contributed by atoms with Crippen LogP contribution in [-0.2, 0) is 0 Å². The average Bonchev–Trinajstić information content (AvgIpc) is 1.00. The van der Waals surface area contributed by atoms with E-state index in [1.54, 1.807) is 0 Å². The monoisotopic (exact) mass is 128 g/mol. The highest BCUT2D eigenvalue weighted by Crippen LogP contribution is 1.14. The van der Waals surface area contributed by atoms with E-state index < -0.39 is 0 Å². The van der Waals surface area contributed by atoms with Gasteiger partial charge in [-0.25, -0.2) is 0 Å². The maximum Gasteiger partial charge on any atom is -0.0683 e. The summed E-state index contributed by atoms with van der Waals surface area (Å²) in [5.74, 6) is 0. The molecule has 0 saturated heterocycles. The average molecular weight is 129 g/mol. The Kier molecular flexibility index (Phi) is 670. The van der Waals surface area contributed by atoms with Crippen LogP contribution in [0.1, 0.15) is 13.8 Å². The molecular formula is C2H9BrO. The Morgan fingerprint density at radius 2 is 1.00 bits per heavy atom. The zero-order chi connectivity index (χ0) is 2.00. The van der Waals surface area contributed by atoms with E-state index in [4.69, 9.17) is 0 Å². The van der Waals surface area contributed by atoms with Gasteiger partial charge in [0.2, 0.25) is 0 Å². The zero-order valence-electron chi connectivity index (χ0n) is 2.91. The first-order chi connectivity index (χ1) is 1.00. The van der Waals surface area contributed by atoms with Crippen LogP contribution >= 0.6 is 17.0 Å². The van der Waals surface area contributed by atoms with Gasteiger partial charge in [0.05, 0.1) is 0 Å². The van der Waals surface area contributed by atoms with Crippen molar-refractivity contribution in [2.45, 2.75) is 13.8 Å².